The number of rotatable bonds is 3. The van der Waals surface area contributed by atoms with Gasteiger partial charge in [0.15, 0.2) is 5.60 Å². The first-order chi connectivity index (χ1) is 14.3. The molecule has 1 unspecified atom stereocenters. The number of aromatic amines is 1. The average molecular weight is 440 g/mol. The summed E-state index contributed by atoms with van der Waals surface area (Å²) in [5.41, 5.74) is 6.85. The van der Waals surface area contributed by atoms with Crippen LogP contribution in [-0.4, -0.2) is 31.1 Å². The maximum atomic E-state index is 11.0. The molecule has 1 atom stereocenters. The summed E-state index contributed by atoms with van der Waals surface area (Å²) < 4.78 is 4.76. The predicted octanol–water partition coefficient (Wildman–Crippen LogP) is 3.45. The first-order valence-electron chi connectivity index (χ1n) is 8.60. The fourth-order valence-electron chi connectivity index (χ4n) is 2.78. The molecule has 0 fully saturated rings. The van der Waals surface area contributed by atoms with E-state index in [2.05, 4.69) is 31.8 Å². The number of hydrogen-bond acceptors (Lipinski definition) is 7. The van der Waals surface area contributed by atoms with Crippen LogP contribution in [0, 0.1) is 11.8 Å². The molecule has 0 aliphatic carbocycles. The number of nitrogens with zero attached hydrogens (tertiary/aromatic N) is 3. The monoisotopic (exact) mass is 439 g/mol. The summed E-state index contributed by atoms with van der Waals surface area (Å²) in [7, 11) is 0. The first kappa shape index (κ1) is 19.8. The summed E-state index contributed by atoms with van der Waals surface area (Å²) in [6, 6.07) is 5.11. The van der Waals surface area contributed by atoms with E-state index in [9.17, 15) is 9.90 Å². The number of thiazole rings is 1. The minimum Gasteiger partial charge on any atom is -0.374 e. The van der Waals surface area contributed by atoms with Crippen molar-refractivity contribution >= 4 is 40.1 Å². The molecule has 10 heteroatoms. The highest BCUT2D eigenvalue weighted by Gasteiger charge is 2.23. The van der Waals surface area contributed by atoms with E-state index >= 15 is 0 Å². The minimum absolute atomic E-state index is 0.155. The number of amides is 1. The Morgan fingerprint density at radius 1 is 1.37 bits per heavy atom. The maximum Gasteiger partial charge on any atom is 0.412 e. The minimum atomic E-state index is -1.38. The molecule has 0 aliphatic heterocycles. The van der Waals surface area contributed by atoms with Gasteiger partial charge < -0.3 is 20.6 Å². The van der Waals surface area contributed by atoms with Crippen LogP contribution >= 0.6 is 22.9 Å². The molecule has 30 heavy (non-hydrogen) atoms. The molecule has 0 saturated heterocycles. The fraction of sp³-hybridized carbons (Fsp3) is 0.100. The Balaban J connectivity index is 1.74. The van der Waals surface area contributed by atoms with Gasteiger partial charge in [0.1, 0.15) is 10.5 Å². The summed E-state index contributed by atoms with van der Waals surface area (Å²) in [5, 5.41) is 13.3. The number of hydrogen-bond donors (Lipinski definition) is 3. The Hall–Kier alpha value is -3.45. The van der Waals surface area contributed by atoms with E-state index in [0.29, 0.717) is 32.2 Å². The van der Waals surface area contributed by atoms with Crippen molar-refractivity contribution in [1.29, 1.82) is 0 Å². The van der Waals surface area contributed by atoms with Gasteiger partial charge in [-0.3, -0.25) is 0 Å². The molecule has 0 bridgehead atoms. The molecule has 0 radical (unpaired) electrons. The lowest BCUT2D eigenvalue weighted by molar-refractivity contribution is 0.122. The van der Waals surface area contributed by atoms with E-state index in [1.54, 1.807) is 36.8 Å². The molecule has 3 heterocycles. The molecule has 3 aromatic heterocycles. The number of primary amides is 1. The van der Waals surface area contributed by atoms with Gasteiger partial charge in [-0.2, -0.15) is 4.98 Å². The number of ether oxygens (including phenoxy) is 1. The number of aliphatic hydroxyl groups is 1. The smallest absolute Gasteiger partial charge is 0.374 e. The standard InChI is InChI=1S/C20H14ClN5O3S/c1-20(28,17-23-4-5-30-17)3-2-11-6-12(8-13(21)7-11)14-9-24-15-10-25-19(26-16(14)15)29-18(22)27/h4-10,24,28H,1H3,(H2,22,27). The normalized spacial score (nSPS) is 12.8. The topological polar surface area (TPSA) is 127 Å². The Bertz CT molecular complexity index is 1310. The highest BCUT2D eigenvalue weighted by Crippen LogP contribution is 2.31. The van der Waals surface area contributed by atoms with Crippen LogP contribution < -0.4 is 10.5 Å². The van der Waals surface area contributed by atoms with Crippen molar-refractivity contribution in [3.63, 3.8) is 0 Å². The van der Waals surface area contributed by atoms with Crippen LogP contribution in [0.15, 0.2) is 42.2 Å². The Morgan fingerprint density at radius 2 is 2.20 bits per heavy atom. The van der Waals surface area contributed by atoms with E-state index in [1.165, 1.54) is 17.5 Å². The van der Waals surface area contributed by atoms with E-state index in [1.807, 2.05) is 6.07 Å². The van der Waals surface area contributed by atoms with Gasteiger partial charge in [0, 0.05) is 33.9 Å². The molecular formula is C20H14ClN5O3S. The van der Waals surface area contributed by atoms with Crippen LogP contribution in [0.1, 0.15) is 17.5 Å². The van der Waals surface area contributed by atoms with E-state index in [4.69, 9.17) is 22.1 Å². The molecule has 8 nitrogen and oxygen atoms in total. The van der Waals surface area contributed by atoms with Crippen molar-refractivity contribution in [3.8, 4) is 29.0 Å². The molecule has 0 aliphatic rings. The van der Waals surface area contributed by atoms with Gasteiger partial charge in [-0.05, 0) is 30.7 Å². The first-order valence-corrected chi connectivity index (χ1v) is 9.85. The van der Waals surface area contributed by atoms with Gasteiger partial charge in [-0.15, -0.1) is 11.3 Å². The number of carbonyl (C=O) groups is 1. The summed E-state index contributed by atoms with van der Waals surface area (Å²) in [6.45, 7) is 1.58. The van der Waals surface area contributed by atoms with Gasteiger partial charge in [0.25, 0.3) is 0 Å². The maximum absolute atomic E-state index is 11.0. The molecule has 4 N–H and O–H groups in total. The van der Waals surface area contributed by atoms with Crippen LogP contribution in [-0.2, 0) is 5.60 Å². The molecule has 4 aromatic rings. The number of fused-ring (bicyclic) bond motifs is 1. The Morgan fingerprint density at radius 3 is 2.93 bits per heavy atom. The second kappa shape index (κ2) is 7.76. The largest absolute Gasteiger partial charge is 0.412 e. The fourth-order valence-corrected chi connectivity index (χ4v) is 3.67. The predicted molar refractivity (Wildman–Crippen MR) is 113 cm³/mol. The van der Waals surface area contributed by atoms with Crippen LogP contribution in [0.4, 0.5) is 4.79 Å². The zero-order valence-corrected chi connectivity index (χ0v) is 17.1. The highest BCUT2D eigenvalue weighted by molar-refractivity contribution is 7.09. The van der Waals surface area contributed by atoms with E-state index in [-0.39, 0.29) is 6.01 Å². The Kier molecular flexibility index (Phi) is 5.13. The van der Waals surface area contributed by atoms with Crippen LogP contribution in [0.25, 0.3) is 22.2 Å². The third-order valence-corrected chi connectivity index (χ3v) is 5.30. The van der Waals surface area contributed by atoms with Gasteiger partial charge in [0.2, 0.25) is 0 Å². The molecule has 150 valence electrons. The van der Waals surface area contributed by atoms with Gasteiger partial charge in [-0.1, -0.05) is 23.4 Å². The highest BCUT2D eigenvalue weighted by atomic mass is 35.5. The lowest BCUT2D eigenvalue weighted by Gasteiger charge is -2.12. The number of nitrogens with two attached hydrogens (primary N) is 1. The third kappa shape index (κ3) is 4.11. The van der Waals surface area contributed by atoms with Gasteiger partial charge in [0.05, 0.1) is 11.7 Å². The van der Waals surface area contributed by atoms with E-state index < -0.39 is 11.7 Å². The average Bonchev–Trinajstić information content (AvgIpc) is 3.36. The zero-order valence-electron chi connectivity index (χ0n) is 15.5. The number of aromatic nitrogens is 4. The number of halogens is 1. The quantitative estimate of drug-likeness (QED) is 0.419. The third-order valence-electron chi connectivity index (χ3n) is 4.09. The molecule has 1 amide bonds. The van der Waals surface area contributed by atoms with Crippen molar-refractivity contribution < 1.29 is 14.6 Å². The van der Waals surface area contributed by atoms with Crippen molar-refractivity contribution in [2.75, 3.05) is 0 Å². The zero-order chi connectivity index (χ0) is 21.3. The second-order valence-electron chi connectivity index (χ2n) is 6.43. The van der Waals surface area contributed by atoms with Crippen molar-refractivity contribution in [2.45, 2.75) is 12.5 Å². The number of carbonyl (C=O) groups excluding carboxylic acids is 1. The molecular weight excluding hydrogens is 426 g/mol. The molecule has 0 spiro atoms. The number of benzene rings is 1. The lowest BCUT2D eigenvalue weighted by atomic mass is 10.0. The lowest BCUT2D eigenvalue weighted by Crippen LogP contribution is -2.17. The molecule has 1 aromatic carbocycles. The van der Waals surface area contributed by atoms with Crippen LogP contribution in [0.3, 0.4) is 0 Å². The summed E-state index contributed by atoms with van der Waals surface area (Å²) >= 11 is 7.62. The van der Waals surface area contributed by atoms with Crippen molar-refractivity contribution in [3.05, 3.63) is 57.8 Å². The molecule has 0 saturated carbocycles. The van der Waals surface area contributed by atoms with Crippen LogP contribution in [0.5, 0.6) is 6.01 Å². The molecule has 4 rings (SSSR count). The summed E-state index contributed by atoms with van der Waals surface area (Å²) in [4.78, 5) is 26.3. The summed E-state index contributed by atoms with van der Waals surface area (Å²) in [6.07, 6.45) is 3.84. The SMILES string of the molecule is CC(O)(C#Cc1cc(Cl)cc(-c2c[nH]c3cnc(OC(N)=O)nc23)c1)c1nccs1. The Labute approximate surface area is 179 Å². The number of nitrogens with one attached hydrogen (secondary N) is 1. The van der Waals surface area contributed by atoms with Crippen molar-refractivity contribution in [1.82, 2.24) is 19.9 Å². The number of H-pyrrole nitrogens is 1. The van der Waals surface area contributed by atoms with Crippen LogP contribution in [0.2, 0.25) is 5.02 Å². The summed E-state index contributed by atoms with van der Waals surface area (Å²) in [5.74, 6) is 5.79. The van der Waals surface area contributed by atoms with Crippen molar-refractivity contribution in [2.24, 2.45) is 5.73 Å². The van der Waals surface area contributed by atoms with Gasteiger partial charge in [-0.25, -0.2) is 14.8 Å². The van der Waals surface area contributed by atoms with E-state index in [0.717, 1.165) is 5.56 Å². The van der Waals surface area contributed by atoms with Gasteiger partial charge >= 0.3 is 12.1 Å². The second-order valence-corrected chi connectivity index (χ2v) is 7.76.